The van der Waals surface area contributed by atoms with Gasteiger partial charge in [-0.15, -0.1) is 0 Å². The predicted octanol–water partition coefficient (Wildman–Crippen LogP) is -0.308. The summed E-state index contributed by atoms with van der Waals surface area (Å²) in [7, 11) is 1.70. The minimum absolute atomic E-state index is 0.0754. The first-order chi connectivity index (χ1) is 5.31. The van der Waals surface area contributed by atoms with E-state index in [1.807, 2.05) is 0 Å². The number of carbonyl (C=O) groups is 1. The van der Waals surface area contributed by atoms with Gasteiger partial charge >= 0.3 is 0 Å². The number of carbonyl (C=O) groups excluding carboxylic acids is 1. The predicted molar refractivity (Wildman–Crippen MR) is 39.4 cm³/mol. The van der Waals surface area contributed by atoms with Gasteiger partial charge in [-0.3, -0.25) is 9.79 Å². The Morgan fingerprint density at radius 1 is 1.73 bits per heavy atom. The number of epoxide rings is 1. The van der Waals surface area contributed by atoms with Crippen molar-refractivity contribution in [2.75, 3.05) is 7.05 Å². The second kappa shape index (κ2) is 2.22. The summed E-state index contributed by atoms with van der Waals surface area (Å²) in [4.78, 5) is 14.7. The standard InChI is InChI=1S/C7H10N2O2/c1-8-7-6(11-7)4-2-3-5(10)9-4/h4,6H,2-3H2,1H3,(H,9,10). The number of nitrogens with zero attached hydrogens (tertiary/aromatic N) is 1. The van der Waals surface area contributed by atoms with Crippen molar-refractivity contribution in [3.8, 4) is 0 Å². The maximum absolute atomic E-state index is 10.8. The van der Waals surface area contributed by atoms with Crippen LogP contribution in [0.3, 0.4) is 0 Å². The van der Waals surface area contributed by atoms with E-state index < -0.39 is 0 Å². The zero-order chi connectivity index (χ0) is 7.84. The first-order valence-electron chi connectivity index (χ1n) is 3.74. The zero-order valence-corrected chi connectivity index (χ0v) is 6.33. The van der Waals surface area contributed by atoms with Crippen molar-refractivity contribution in [3.63, 3.8) is 0 Å². The van der Waals surface area contributed by atoms with E-state index in [0.717, 1.165) is 12.3 Å². The van der Waals surface area contributed by atoms with Crippen LogP contribution in [0.4, 0.5) is 0 Å². The van der Waals surface area contributed by atoms with Gasteiger partial charge in [-0.25, -0.2) is 0 Å². The van der Waals surface area contributed by atoms with Crippen LogP contribution >= 0.6 is 0 Å². The molecule has 2 aliphatic heterocycles. The molecule has 0 bridgehead atoms. The summed E-state index contributed by atoms with van der Waals surface area (Å²) in [5, 5.41) is 2.84. The molecule has 0 aromatic heterocycles. The topological polar surface area (TPSA) is 54.0 Å². The van der Waals surface area contributed by atoms with Gasteiger partial charge in [-0.2, -0.15) is 0 Å². The largest absolute Gasteiger partial charge is 0.463 e. The molecule has 0 aliphatic carbocycles. The Labute approximate surface area is 64.6 Å². The average molecular weight is 154 g/mol. The van der Waals surface area contributed by atoms with Crippen molar-refractivity contribution in [3.05, 3.63) is 0 Å². The van der Waals surface area contributed by atoms with Crippen LogP contribution in [0, 0.1) is 0 Å². The zero-order valence-electron chi connectivity index (χ0n) is 6.33. The second-order valence-corrected chi connectivity index (χ2v) is 2.81. The maximum Gasteiger partial charge on any atom is 0.228 e. The number of hydrogen-bond donors (Lipinski definition) is 1. The van der Waals surface area contributed by atoms with Crippen molar-refractivity contribution in [2.45, 2.75) is 25.0 Å². The summed E-state index contributed by atoms with van der Waals surface area (Å²) < 4.78 is 5.13. The molecule has 1 N–H and O–H groups in total. The van der Waals surface area contributed by atoms with Crippen LogP contribution in [0.15, 0.2) is 4.99 Å². The van der Waals surface area contributed by atoms with Crippen LogP contribution in [0.1, 0.15) is 12.8 Å². The monoisotopic (exact) mass is 154 g/mol. The van der Waals surface area contributed by atoms with Gasteiger partial charge in [0.2, 0.25) is 11.8 Å². The molecule has 2 aliphatic rings. The maximum atomic E-state index is 10.8. The van der Waals surface area contributed by atoms with Gasteiger partial charge in [0.05, 0.1) is 6.04 Å². The van der Waals surface area contributed by atoms with E-state index in [9.17, 15) is 4.79 Å². The van der Waals surface area contributed by atoms with Crippen LogP contribution in [-0.4, -0.2) is 31.0 Å². The third-order valence-electron chi connectivity index (χ3n) is 2.05. The minimum Gasteiger partial charge on any atom is -0.463 e. The highest BCUT2D eigenvalue weighted by atomic mass is 16.6. The first-order valence-corrected chi connectivity index (χ1v) is 3.74. The Hall–Kier alpha value is -1.06. The molecule has 60 valence electrons. The Morgan fingerprint density at radius 2 is 2.55 bits per heavy atom. The average Bonchev–Trinajstić information content (AvgIpc) is 2.68. The molecular weight excluding hydrogens is 144 g/mol. The molecule has 2 unspecified atom stereocenters. The number of nitrogens with one attached hydrogen (secondary N) is 1. The van der Waals surface area contributed by atoms with E-state index >= 15 is 0 Å². The van der Waals surface area contributed by atoms with Crippen LogP contribution in [-0.2, 0) is 9.53 Å². The van der Waals surface area contributed by atoms with Gasteiger partial charge in [0.15, 0.2) is 6.10 Å². The third kappa shape index (κ3) is 1.08. The van der Waals surface area contributed by atoms with Crippen LogP contribution in [0.2, 0.25) is 0 Å². The SMILES string of the molecule is CN=C1OC1C1CCC(=O)N1. The van der Waals surface area contributed by atoms with Gasteiger partial charge in [0, 0.05) is 13.5 Å². The molecule has 11 heavy (non-hydrogen) atoms. The molecule has 0 aromatic rings. The molecule has 0 saturated carbocycles. The summed E-state index contributed by atoms with van der Waals surface area (Å²) in [6.45, 7) is 0. The molecule has 0 aromatic carbocycles. The minimum atomic E-state index is 0.0754. The quantitative estimate of drug-likeness (QED) is 0.527. The van der Waals surface area contributed by atoms with Gasteiger partial charge in [0.25, 0.3) is 0 Å². The molecule has 1 amide bonds. The fourth-order valence-corrected chi connectivity index (χ4v) is 1.40. The van der Waals surface area contributed by atoms with Gasteiger partial charge in [-0.1, -0.05) is 0 Å². The van der Waals surface area contributed by atoms with E-state index in [1.54, 1.807) is 7.05 Å². The molecule has 2 heterocycles. The van der Waals surface area contributed by atoms with Crippen LogP contribution in [0.25, 0.3) is 0 Å². The normalized spacial score (nSPS) is 38.6. The smallest absolute Gasteiger partial charge is 0.228 e. The van der Waals surface area contributed by atoms with E-state index in [4.69, 9.17) is 4.74 Å². The lowest BCUT2D eigenvalue weighted by Crippen LogP contribution is -2.30. The summed E-state index contributed by atoms with van der Waals surface area (Å²) in [5.41, 5.74) is 0. The first kappa shape index (κ1) is 6.64. The highest BCUT2D eigenvalue weighted by Crippen LogP contribution is 2.24. The lowest BCUT2D eigenvalue weighted by Gasteiger charge is -2.00. The second-order valence-electron chi connectivity index (χ2n) is 2.81. The van der Waals surface area contributed by atoms with E-state index in [-0.39, 0.29) is 18.1 Å². The molecule has 2 fully saturated rings. The Kier molecular flexibility index (Phi) is 1.34. The molecule has 4 heteroatoms. The lowest BCUT2D eigenvalue weighted by atomic mass is 10.2. The van der Waals surface area contributed by atoms with Crippen molar-refractivity contribution < 1.29 is 9.53 Å². The molecule has 4 nitrogen and oxygen atoms in total. The molecule has 2 rings (SSSR count). The van der Waals surface area contributed by atoms with Gasteiger partial charge in [-0.05, 0) is 6.42 Å². The number of ether oxygens (including phenoxy) is 1. The van der Waals surface area contributed by atoms with Crippen molar-refractivity contribution in [2.24, 2.45) is 4.99 Å². The van der Waals surface area contributed by atoms with E-state index in [0.29, 0.717) is 6.42 Å². The van der Waals surface area contributed by atoms with Crippen LogP contribution in [0.5, 0.6) is 0 Å². The Morgan fingerprint density at radius 3 is 3.00 bits per heavy atom. The van der Waals surface area contributed by atoms with Crippen LogP contribution < -0.4 is 5.32 Å². The number of rotatable bonds is 1. The Balaban J connectivity index is 1.94. The molecule has 2 saturated heterocycles. The van der Waals surface area contributed by atoms with Crippen molar-refractivity contribution in [1.82, 2.24) is 5.32 Å². The van der Waals surface area contributed by atoms with Gasteiger partial charge < -0.3 is 10.1 Å². The molecule has 0 spiro atoms. The number of amides is 1. The van der Waals surface area contributed by atoms with Crippen molar-refractivity contribution >= 4 is 11.8 Å². The number of aliphatic imine (C=N–C) groups is 1. The summed E-state index contributed by atoms with van der Waals surface area (Å²) >= 11 is 0. The highest BCUT2D eigenvalue weighted by molar-refractivity contribution is 5.94. The van der Waals surface area contributed by atoms with Gasteiger partial charge in [0.1, 0.15) is 0 Å². The van der Waals surface area contributed by atoms with Crippen molar-refractivity contribution in [1.29, 1.82) is 0 Å². The summed E-state index contributed by atoms with van der Waals surface area (Å²) in [6.07, 6.45) is 1.58. The third-order valence-corrected chi connectivity index (χ3v) is 2.05. The summed E-state index contributed by atoms with van der Waals surface area (Å²) in [5.74, 6) is 0.901. The highest BCUT2D eigenvalue weighted by Gasteiger charge is 2.44. The molecular formula is C7H10N2O2. The fourth-order valence-electron chi connectivity index (χ4n) is 1.40. The van der Waals surface area contributed by atoms with E-state index in [1.165, 1.54) is 0 Å². The van der Waals surface area contributed by atoms with E-state index in [2.05, 4.69) is 10.3 Å². The number of hydrogen-bond acceptors (Lipinski definition) is 3. The molecule has 0 radical (unpaired) electrons. The lowest BCUT2D eigenvalue weighted by molar-refractivity contribution is -0.119. The summed E-state index contributed by atoms with van der Waals surface area (Å²) in [6, 6.07) is 0.182. The Bertz CT molecular complexity index is 224. The molecule has 2 atom stereocenters. The fraction of sp³-hybridized carbons (Fsp3) is 0.714.